The van der Waals surface area contributed by atoms with Gasteiger partial charge in [-0.15, -0.1) is 0 Å². The first kappa shape index (κ1) is 18.0. The van der Waals surface area contributed by atoms with E-state index in [4.69, 9.17) is 4.42 Å². The van der Waals surface area contributed by atoms with Crippen molar-refractivity contribution in [3.8, 4) is 0 Å². The van der Waals surface area contributed by atoms with Crippen LogP contribution in [0.1, 0.15) is 48.5 Å². The van der Waals surface area contributed by atoms with Crippen molar-refractivity contribution in [1.82, 2.24) is 14.8 Å². The summed E-state index contributed by atoms with van der Waals surface area (Å²) in [7, 11) is 0. The van der Waals surface area contributed by atoms with Crippen molar-refractivity contribution in [2.24, 2.45) is 0 Å². The molecule has 144 valence electrons. The quantitative estimate of drug-likeness (QED) is 0.830. The molecule has 4 heterocycles. The second-order valence-corrected chi connectivity index (χ2v) is 7.46. The molecule has 0 spiro atoms. The van der Waals surface area contributed by atoms with Crippen LogP contribution < -0.4 is 4.90 Å². The third-order valence-corrected chi connectivity index (χ3v) is 5.78. The molecule has 0 radical (unpaired) electrons. The van der Waals surface area contributed by atoms with Crippen LogP contribution in [-0.2, 0) is 0 Å². The van der Waals surface area contributed by atoms with Crippen molar-refractivity contribution in [1.29, 1.82) is 0 Å². The summed E-state index contributed by atoms with van der Waals surface area (Å²) < 4.78 is 5.97. The van der Waals surface area contributed by atoms with E-state index in [-0.39, 0.29) is 11.9 Å². The number of aromatic nitrogens is 1. The first-order valence-corrected chi connectivity index (χ1v) is 10.0. The molecule has 0 bridgehead atoms. The zero-order chi connectivity index (χ0) is 18.6. The maximum Gasteiger partial charge on any atom is 0.289 e. The fraction of sp³-hybridized carbons (Fsp3) is 0.524. The summed E-state index contributed by atoms with van der Waals surface area (Å²) in [5, 5.41) is 0. The molecule has 2 fully saturated rings. The summed E-state index contributed by atoms with van der Waals surface area (Å²) in [5.74, 6) is 1.36. The van der Waals surface area contributed by atoms with E-state index in [1.807, 2.05) is 29.2 Å². The van der Waals surface area contributed by atoms with Gasteiger partial charge in [0.2, 0.25) is 0 Å². The minimum atomic E-state index is 0.00136. The largest absolute Gasteiger partial charge is 0.454 e. The summed E-state index contributed by atoms with van der Waals surface area (Å²) >= 11 is 0. The van der Waals surface area contributed by atoms with Gasteiger partial charge in [-0.25, -0.2) is 0 Å². The molecule has 0 aliphatic carbocycles. The molecule has 0 aromatic carbocycles. The van der Waals surface area contributed by atoms with Crippen LogP contribution in [0.4, 0.5) is 5.69 Å². The van der Waals surface area contributed by atoms with Crippen LogP contribution in [-0.4, -0.2) is 60.0 Å². The lowest BCUT2D eigenvalue weighted by Gasteiger charge is -2.35. The lowest BCUT2D eigenvalue weighted by molar-refractivity contribution is 0.0707. The van der Waals surface area contributed by atoms with E-state index in [1.165, 1.54) is 19.3 Å². The van der Waals surface area contributed by atoms with Gasteiger partial charge in [-0.2, -0.15) is 0 Å². The van der Waals surface area contributed by atoms with Gasteiger partial charge >= 0.3 is 0 Å². The molecule has 27 heavy (non-hydrogen) atoms. The van der Waals surface area contributed by atoms with E-state index in [1.54, 1.807) is 12.4 Å². The van der Waals surface area contributed by atoms with E-state index >= 15 is 0 Å². The molecule has 0 N–H and O–H groups in total. The molecule has 4 rings (SSSR count). The average molecular weight is 368 g/mol. The highest BCUT2D eigenvalue weighted by Gasteiger charge is 2.26. The Hall–Kier alpha value is -2.34. The minimum absolute atomic E-state index is 0.00136. The summed E-state index contributed by atoms with van der Waals surface area (Å²) in [5.41, 5.74) is 1.16. The first-order chi connectivity index (χ1) is 13.2. The highest BCUT2D eigenvalue weighted by Crippen LogP contribution is 2.26. The highest BCUT2D eigenvalue weighted by atomic mass is 16.4. The fourth-order valence-electron chi connectivity index (χ4n) is 4.06. The highest BCUT2D eigenvalue weighted by molar-refractivity contribution is 5.91. The van der Waals surface area contributed by atoms with Gasteiger partial charge in [0.1, 0.15) is 5.76 Å². The Balaban J connectivity index is 1.36. The molecule has 2 aromatic rings. The molecule has 2 aromatic heterocycles. The van der Waals surface area contributed by atoms with Crippen molar-refractivity contribution in [3.05, 3.63) is 48.2 Å². The summed E-state index contributed by atoms with van der Waals surface area (Å²) in [6.45, 7) is 7.47. The van der Waals surface area contributed by atoms with Gasteiger partial charge in [0.25, 0.3) is 5.91 Å². The normalized spacial score (nSPS) is 19.9. The van der Waals surface area contributed by atoms with Gasteiger partial charge < -0.3 is 14.2 Å². The molecule has 2 aliphatic rings. The van der Waals surface area contributed by atoms with Crippen molar-refractivity contribution >= 4 is 11.6 Å². The number of hydrogen-bond acceptors (Lipinski definition) is 5. The minimum Gasteiger partial charge on any atom is -0.454 e. The maximum absolute atomic E-state index is 12.8. The SMILES string of the molecule is C[C@H](c1ccc(C(=O)N2CCN(c3ccncc3)CC2)o1)N1CCCCC1. The summed E-state index contributed by atoms with van der Waals surface area (Å²) in [6, 6.07) is 8.07. The first-order valence-electron chi connectivity index (χ1n) is 10.0. The monoisotopic (exact) mass is 368 g/mol. The molecule has 1 atom stereocenters. The lowest BCUT2D eigenvalue weighted by Crippen LogP contribution is -2.48. The number of pyridine rings is 1. The number of carbonyl (C=O) groups is 1. The number of hydrogen-bond donors (Lipinski definition) is 0. The van der Waals surface area contributed by atoms with Crippen LogP contribution in [0.25, 0.3) is 0 Å². The Morgan fingerprint density at radius 3 is 2.37 bits per heavy atom. The fourth-order valence-corrected chi connectivity index (χ4v) is 4.06. The Bertz CT molecular complexity index is 747. The third-order valence-electron chi connectivity index (χ3n) is 5.78. The Morgan fingerprint density at radius 1 is 0.963 bits per heavy atom. The molecule has 6 heteroatoms. The second kappa shape index (κ2) is 8.13. The van der Waals surface area contributed by atoms with Crippen LogP contribution in [0.15, 0.2) is 41.1 Å². The topological polar surface area (TPSA) is 52.8 Å². The summed E-state index contributed by atoms with van der Waals surface area (Å²) in [4.78, 5) is 23.5. The number of anilines is 1. The summed E-state index contributed by atoms with van der Waals surface area (Å²) in [6.07, 6.45) is 7.43. The Labute approximate surface area is 160 Å². The van der Waals surface area contributed by atoms with E-state index < -0.39 is 0 Å². The second-order valence-electron chi connectivity index (χ2n) is 7.46. The standard InChI is InChI=1S/C21H28N4O2/c1-17(23-11-3-2-4-12-23)19-5-6-20(27-19)21(26)25-15-13-24(14-16-25)18-7-9-22-10-8-18/h5-10,17H,2-4,11-16H2,1H3/t17-/m1/s1. The van der Waals surface area contributed by atoms with E-state index in [2.05, 4.69) is 21.7 Å². The number of carbonyl (C=O) groups excluding carboxylic acids is 1. The van der Waals surface area contributed by atoms with Crippen molar-refractivity contribution < 1.29 is 9.21 Å². The number of piperazine rings is 1. The van der Waals surface area contributed by atoms with Crippen LogP contribution in [0, 0.1) is 0 Å². The van der Waals surface area contributed by atoms with E-state index in [0.717, 1.165) is 37.6 Å². The number of piperidine rings is 1. The number of rotatable bonds is 4. The van der Waals surface area contributed by atoms with E-state index in [9.17, 15) is 4.79 Å². The molecular formula is C21H28N4O2. The molecule has 2 saturated heterocycles. The Morgan fingerprint density at radius 2 is 1.67 bits per heavy atom. The van der Waals surface area contributed by atoms with Crippen molar-refractivity contribution in [3.63, 3.8) is 0 Å². The average Bonchev–Trinajstić information content (AvgIpc) is 3.24. The number of amides is 1. The Kier molecular flexibility index (Phi) is 5.43. The molecule has 0 unspecified atom stereocenters. The third kappa shape index (κ3) is 4.00. The van der Waals surface area contributed by atoms with Crippen molar-refractivity contribution in [2.75, 3.05) is 44.2 Å². The van der Waals surface area contributed by atoms with E-state index in [0.29, 0.717) is 18.8 Å². The molecule has 0 saturated carbocycles. The van der Waals surface area contributed by atoms with Crippen LogP contribution in [0.2, 0.25) is 0 Å². The maximum atomic E-state index is 12.8. The van der Waals surface area contributed by atoms with Crippen LogP contribution in [0.3, 0.4) is 0 Å². The van der Waals surface area contributed by atoms with Gasteiger partial charge in [-0.1, -0.05) is 6.42 Å². The number of likely N-dealkylation sites (tertiary alicyclic amines) is 1. The zero-order valence-electron chi connectivity index (χ0n) is 16.0. The molecule has 2 aliphatic heterocycles. The smallest absolute Gasteiger partial charge is 0.289 e. The van der Waals surface area contributed by atoms with Gasteiger partial charge in [-0.05, 0) is 57.1 Å². The molecule has 1 amide bonds. The number of furan rings is 1. The van der Waals surface area contributed by atoms with Gasteiger partial charge in [0.05, 0.1) is 6.04 Å². The predicted molar refractivity (Wildman–Crippen MR) is 105 cm³/mol. The molecular weight excluding hydrogens is 340 g/mol. The van der Waals surface area contributed by atoms with Gasteiger partial charge in [0, 0.05) is 44.3 Å². The van der Waals surface area contributed by atoms with Gasteiger partial charge in [0.15, 0.2) is 5.76 Å². The van der Waals surface area contributed by atoms with Crippen LogP contribution >= 0.6 is 0 Å². The zero-order valence-corrected chi connectivity index (χ0v) is 16.0. The van der Waals surface area contributed by atoms with Crippen molar-refractivity contribution in [2.45, 2.75) is 32.2 Å². The van der Waals surface area contributed by atoms with Crippen LogP contribution in [0.5, 0.6) is 0 Å². The lowest BCUT2D eigenvalue weighted by atomic mass is 10.1. The molecule has 6 nitrogen and oxygen atoms in total. The predicted octanol–water partition coefficient (Wildman–Crippen LogP) is 3.18. The number of nitrogens with zero attached hydrogens (tertiary/aromatic N) is 4. The van der Waals surface area contributed by atoms with Gasteiger partial charge in [-0.3, -0.25) is 14.7 Å².